The summed E-state index contributed by atoms with van der Waals surface area (Å²) in [5, 5.41) is 33.1. The molecule has 0 saturated carbocycles. The Morgan fingerprint density at radius 1 is 1.15 bits per heavy atom. The second-order valence-electron chi connectivity index (χ2n) is 9.03. The fourth-order valence-electron chi connectivity index (χ4n) is 4.73. The molecule has 2 aromatic carbocycles. The SMILES string of the molecule is O=C(COc1ccc2c(c1)C[C@@H](NC[C@@H](O)c1ccc(O)c(CCO)c1)CC2)N1CCCC1. The average molecular weight is 455 g/mol. The summed E-state index contributed by atoms with van der Waals surface area (Å²) in [5.41, 5.74) is 3.88. The van der Waals surface area contributed by atoms with Crippen molar-refractivity contribution in [2.45, 2.75) is 50.7 Å². The van der Waals surface area contributed by atoms with Crippen molar-refractivity contribution in [2.24, 2.45) is 0 Å². The van der Waals surface area contributed by atoms with Gasteiger partial charge < -0.3 is 30.3 Å². The van der Waals surface area contributed by atoms with Crippen molar-refractivity contribution in [3.63, 3.8) is 0 Å². The van der Waals surface area contributed by atoms with Crippen LogP contribution in [-0.2, 0) is 24.1 Å². The number of carbonyl (C=O) groups excluding carboxylic acids is 1. The Morgan fingerprint density at radius 2 is 1.97 bits per heavy atom. The number of fused-ring (bicyclic) bond motifs is 1. The van der Waals surface area contributed by atoms with Crippen molar-refractivity contribution in [1.29, 1.82) is 0 Å². The van der Waals surface area contributed by atoms with E-state index in [9.17, 15) is 15.0 Å². The van der Waals surface area contributed by atoms with Gasteiger partial charge in [-0.1, -0.05) is 12.1 Å². The van der Waals surface area contributed by atoms with Crippen LogP contribution in [0.1, 0.15) is 47.6 Å². The molecule has 0 bridgehead atoms. The van der Waals surface area contributed by atoms with Crippen molar-refractivity contribution < 1.29 is 24.9 Å². The van der Waals surface area contributed by atoms with Crippen LogP contribution in [0.15, 0.2) is 36.4 Å². The second kappa shape index (κ2) is 11.0. The number of ether oxygens (including phenoxy) is 1. The Kier molecular flexibility index (Phi) is 7.85. The van der Waals surface area contributed by atoms with Crippen LogP contribution in [0.5, 0.6) is 11.5 Å². The van der Waals surface area contributed by atoms with E-state index in [1.807, 2.05) is 17.0 Å². The topological polar surface area (TPSA) is 102 Å². The van der Waals surface area contributed by atoms with Crippen LogP contribution in [0.2, 0.25) is 0 Å². The Bertz CT molecular complexity index is 958. The maximum atomic E-state index is 12.2. The van der Waals surface area contributed by atoms with Crippen molar-refractivity contribution >= 4 is 5.91 Å². The lowest BCUT2D eigenvalue weighted by Gasteiger charge is -2.27. The minimum atomic E-state index is -0.698. The van der Waals surface area contributed by atoms with E-state index >= 15 is 0 Å². The number of aliphatic hydroxyl groups excluding tert-OH is 2. The molecule has 0 spiro atoms. The predicted molar refractivity (Wildman–Crippen MR) is 125 cm³/mol. The minimum absolute atomic E-state index is 0.0506. The maximum absolute atomic E-state index is 12.2. The molecule has 2 aromatic rings. The zero-order valence-corrected chi connectivity index (χ0v) is 19.0. The Labute approximate surface area is 195 Å². The molecule has 1 saturated heterocycles. The van der Waals surface area contributed by atoms with Crippen LogP contribution in [0.25, 0.3) is 0 Å². The monoisotopic (exact) mass is 454 g/mol. The zero-order chi connectivity index (χ0) is 23.2. The summed E-state index contributed by atoms with van der Waals surface area (Å²) < 4.78 is 5.79. The third-order valence-corrected chi connectivity index (χ3v) is 6.70. The minimum Gasteiger partial charge on any atom is -0.508 e. The van der Waals surface area contributed by atoms with E-state index in [-0.39, 0.29) is 30.9 Å². The molecule has 4 N–H and O–H groups in total. The highest BCUT2D eigenvalue weighted by molar-refractivity contribution is 5.78. The molecular weight excluding hydrogens is 420 g/mol. The van der Waals surface area contributed by atoms with Crippen LogP contribution >= 0.6 is 0 Å². The number of carbonyl (C=O) groups is 1. The molecule has 1 aliphatic heterocycles. The van der Waals surface area contributed by atoms with E-state index in [0.29, 0.717) is 18.5 Å². The van der Waals surface area contributed by atoms with Crippen LogP contribution in [0.3, 0.4) is 0 Å². The predicted octanol–water partition coefficient (Wildman–Crippen LogP) is 2.11. The summed E-state index contributed by atoms with van der Waals surface area (Å²) in [6.07, 6.45) is 4.58. The van der Waals surface area contributed by atoms with E-state index in [2.05, 4.69) is 11.4 Å². The van der Waals surface area contributed by atoms with E-state index in [4.69, 9.17) is 9.84 Å². The number of hydrogen-bond donors (Lipinski definition) is 4. The Hall–Kier alpha value is -2.61. The molecule has 2 atom stereocenters. The van der Waals surface area contributed by atoms with Crippen LogP contribution in [-0.4, -0.2) is 65.0 Å². The maximum Gasteiger partial charge on any atom is 0.260 e. The van der Waals surface area contributed by atoms with Gasteiger partial charge >= 0.3 is 0 Å². The number of nitrogens with one attached hydrogen (secondary N) is 1. The number of likely N-dealkylation sites (tertiary alicyclic amines) is 1. The first-order valence-electron chi connectivity index (χ1n) is 11.9. The molecule has 1 fully saturated rings. The van der Waals surface area contributed by atoms with Gasteiger partial charge in [-0.15, -0.1) is 0 Å². The van der Waals surface area contributed by atoms with Gasteiger partial charge in [-0.25, -0.2) is 0 Å². The fraction of sp³-hybridized carbons (Fsp3) is 0.500. The van der Waals surface area contributed by atoms with Crippen molar-refractivity contribution in [3.05, 3.63) is 58.7 Å². The lowest BCUT2D eigenvalue weighted by molar-refractivity contribution is -0.132. The smallest absolute Gasteiger partial charge is 0.260 e. The van der Waals surface area contributed by atoms with Crippen LogP contribution < -0.4 is 10.1 Å². The largest absolute Gasteiger partial charge is 0.508 e. The fourth-order valence-corrected chi connectivity index (χ4v) is 4.73. The highest BCUT2D eigenvalue weighted by Crippen LogP contribution is 2.27. The number of benzene rings is 2. The first kappa shape index (κ1) is 23.5. The van der Waals surface area contributed by atoms with Crippen LogP contribution in [0, 0.1) is 0 Å². The highest BCUT2D eigenvalue weighted by Gasteiger charge is 2.22. The summed E-state index contributed by atoms with van der Waals surface area (Å²) in [4.78, 5) is 14.1. The highest BCUT2D eigenvalue weighted by atomic mass is 16.5. The lowest BCUT2D eigenvalue weighted by Crippen LogP contribution is -2.37. The third kappa shape index (κ3) is 6.05. The standard InChI is InChI=1S/C26H34N2O5/c29-12-9-20-13-19(5-8-24(20)30)25(31)16-27-22-6-3-18-4-7-23(15-21(18)14-22)33-17-26(32)28-10-1-2-11-28/h4-5,7-8,13,15,22,25,27,29-31H,1-3,6,9-12,14,16-17H2/t22-,25+/m0/s1. The number of rotatable bonds is 9. The number of aromatic hydroxyl groups is 1. The molecule has 1 amide bonds. The number of phenolic OH excluding ortho intramolecular Hbond substituents is 1. The molecule has 7 nitrogen and oxygen atoms in total. The lowest BCUT2D eigenvalue weighted by atomic mass is 9.88. The van der Waals surface area contributed by atoms with Gasteiger partial charge in [0.1, 0.15) is 11.5 Å². The van der Waals surface area contributed by atoms with E-state index in [0.717, 1.165) is 56.5 Å². The number of aryl methyl sites for hydroxylation is 1. The van der Waals surface area contributed by atoms with Gasteiger partial charge in [0.05, 0.1) is 6.10 Å². The molecular formula is C26H34N2O5. The van der Waals surface area contributed by atoms with Gasteiger partial charge in [-0.2, -0.15) is 0 Å². The van der Waals surface area contributed by atoms with Gasteiger partial charge in [0, 0.05) is 32.3 Å². The van der Waals surface area contributed by atoms with Gasteiger partial charge in [0.15, 0.2) is 6.61 Å². The average Bonchev–Trinajstić information content (AvgIpc) is 3.37. The second-order valence-corrected chi connectivity index (χ2v) is 9.03. The van der Waals surface area contributed by atoms with Crippen molar-refractivity contribution in [2.75, 3.05) is 32.8 Å². The van der Waals surface area contributed by atoms with Gasteiger partial charge in [-0.05, 0) is 85.0 Å². The number of aliphatic hydroxyl groups is 2. The number of hydrogen-bond acceptors (Lipinski definition) is 6. The molecule has 33 heavy (non-hydrogen) atoms. The molecule has 0 unspecified atom stereocenters. The molecule has 0 aromatic heterocycles. The van der Waals surface area contributed by atoms with Crippen molar-refractivity contribution in [1.82, 2.24) is 10.2 Å². The number of nitrogens with zero attached hydrogens (tertiary/aromatic N) is 1. The quantitative estimate of drug-likeness (QED) is 0.463. The first-order chi connectivity index (χ1) is 16.0. The molecule has 7 heteroatoms. The Morgan fingerprint density at radius 3 is 2.76 bits per heavy atom. The van der Waals surface area contributed by atoms with Gasteiger partial charge in [0.2, 0.25) is 0 Å². The molecule has 1 aliphatic carbocycles. The molecule has 4 rings (SSSR count). The third-order valence-electron chi connectivity index (χ3n) is 6.70. The van der Waals surface area contributed by atoms with Crippen molar-refractivity contribution in [3.8, 4) is 11.5 Å². The number of phenols is 1. The number of amides is 1. The first-order valence-corrected chi connectivity index (χ1v) is 11.9. The zero-order valence-electron chi connectivity index (χ0n) is 19.0. The molecule has 1 heterocycles. The Balaban J connectivity index is 1.30. The van der Waals surface area contributed by atoms with Gasteiger partial charge in [0.25, 0.3) is 5.91 Å². The summed E-state index contributed by atoms with van der Waals surface area (Å²) >= 11 is 0. The summed E-state index contributed by atoms with van der Waals surface area (Å²) in [5.74, 6) is 0.912. The summed E-state index contributed by atoms with van der Waals surface area (Å²) in [7, 11) is 0. The van der Waals surface area contributed by atoms with E-state index in [1.165, 1.54) is 11.1 Å². The summed E-state index contributed by atoms with van der Waals surface area (Å²) in [6.45, 7) is 2.10. The van der Waals surface area contributed by atoms with Gasteiger partial charge in [-0.3, -0.25) is 4.79 Å². The molecule has 2 aliphatic rings. The molecule has 0 radical (unpaired) electrons. The normalized spacial score (nSPS) is 18.7. The summed E-state index contributed by atoms with van der Waals surface area (Å²) in [6, 6.07) is 11.3. The molecule has 178 valence electrons. The van der Waals surface area contributed by atoms with Crippen LogP contribution in [0.4, 0.5) is 0 Å². The van der Waals surface area contributed by atoms with E-state index < -0.39 is 6.10 Å². The van der Waals surface area contributed by atoms with E-state index in [1.54, 1.807) is 18.2 Å².